The van der Waals surface area contributed by atoms with Crippen molar-refractivity contribution in [3.05, 3.63) is 71.2 Å². The molecule has 1 heterocycles. The van der Waals surface area contributed by atoms with E-state index in [1.807, 2.05) is 56.9 Å². The van der Waals surface area contributed by atoms with Crippen LogP contribution in [-0.4, -0.2) is 33.2 Å². The third kappa shape index (κ3) is 6.16. The molecule has 2 N–H and O–H groups in total. The standard InChI is InChI=1S/C23H27N5.W/c1-7-19(8-2)14-25-12-11-16(3)26-15-22(17(4)24)20-9-10-23-21(13-20)18(5)27-28(23)6;/h1,7-13,15H,2,14,24H2,3-6H3;. The summed E-state index contributed by atoms with van der Waals surface area (Å²) in [7, 11) is 1.95. The van der Waals surface area contributed by atoms with Crippen molar-refractivity contribution in [3.63, 3.8) is 0 Å². The van der Waals surface area contributed by atoms with E-state index < -0.39 is 0 Å². The number of hydrogen-bond donors (Lipinski definition) is 1. The van der Waals surface area contributed by atoms with Crippen LogP contribution in [0.2, 0.25) is 0 Å². The van der Waals surface area contributed by atoms with Gasteiger partial charge in [0.2, 0.25) is 0 Å². The Morgan fingerprint density at radius 2 is 2.07 bits per heavy atom. The Morgan fingerprint density at radius 1 is 1.31 bits per heavy atom. The van der Waals surface area contributed by atoms with Gasteiger partial charge in [-0.2, -0.15) is 5.10 Å². The molecule has 1 aromatic heterocycles. The smallest absolute Gasteiger partial charge is 0.402 e. The predicted molar refractivity (Wildman–Crippen MR) is 122 cm³/mol. The van der Waals surface area contributed by atoms with Gasteiger partial charge < -0.3 is 5.73 Å². The van der Waals surface area contributed by atoms with Crippen LogP contribution in [0.3, 0.4) is 0 Å². The van der Waals surface area contributed by atoms with Crippen molar-refractivity contribution in [1.82, 2.24) is 9.78 Å². The molecule has 1 aromatic carbocycles. The first-order valence-electron chi connectivity index (χ1n) is 9.25. The molecule has 0 aliphatic carbocycles. The molecule has 0 aliphatic rings. The second-order valence-electron chi connectivity index (χ2n) is 6.68. The average Bonchev–Trinajstić information content (AvgIpc) is 2.97. The van der Waals surface area contributed by atoms with E-state index in [2.05, 4.69) is 44.3 Å². The number of benzene rings is 1. The molecule has 0 spiro atoms. The molecule has 0 aliphatic heterocycles. The van der Waals surface area contributed by atoms with Crippen LogP contribution in [0.25, 0.3) is 16.5 Å². The van der Waals surface area contributed by atoms with Crippen LogP contribution in [0.5, 0.6) is 0 Å². The molecule has 6 heteroatoms. The fraction of sp³-hybridized carbons (Fsp3) is 0.217. The quantitative estimate of drug-likeness (QED) is 0.393. The van der Waals surface area contributed by atoms with E-state index >= 15 is 0 Å². The molecule has 0 saturated heterocycles. The molecular weight excluding hydrogens is 530 g/mol. The Morgan fingerprint density at radius 3 is 2.72 bits per heavy atom. The van der Waals surface area contributed by atoms with Crippen LogP contribution < -0.4 is 5.73 Å². The van der Waals surface area contributed by atoms with Gasteiger partial charge in [-0.05, 0) is 26.0 Å². The fourth-order valence-electron chi connectivity index (χ4n) is 2.81. The second-order valence-corrected chi connectivity index (χ2v) is 7.65. The van der Waals surface area contributed by atoms with Crippen LogP contribution in [-0.2, 0) is 26.4 Å². The Labute approximate surface area is 183 Å². The molecule has 0 radical (unpaired) electrons. The predicted octanol–water partition coefficient (Wildman–Crippen LogP) is 4.08. The van der Waals surface area contributed by atoms with E-state index in [1.54, 1.807) is 6.21 Å². The number of fused-ring (bicyclic) bond motifs is 1. The molecule has 150 valence electrons. The van der Waals surface area contributed by atoms with E-state index in [0.717, 1.165) is 44.7 Å². The Bertz CT molecular complexity index is 1060. The van der Waals surface area contributed by atoms with Crippen molar-refractivity contribution in [1.29, 1.82) is 0 Å². The van der Waals surface area contributed by atoms with Gasteiger partial charge in [-0.1, -0.05) is 6.07 Å². The Hall–Kier alpha value is -2.65. The molecule has 5 nitrogen and oxygen atoms in total. The van der Waals surface area contributed by atoms with E-state index in [1.165, 1.54) is 19.4 Å². The van der Waals surface area contributed by atoms with Gasteiger partial charge in [0.15, 0.2) is 0 Å². The van der Waals surface area contributed by atoms with Crippen LogP contribution >= 0.6 is 0 Å². The molecule has 2 aromatic rings. The molecule has 0 atom stereocenters. The van der Waals surface area contributed by atoms with Gasteiger partial charge in [0, 0.05) is 12.4 Å². The summed E-state index contributed by atoms with van der Waals surface area (Å²) in [6, 6.07) is 6.24. The van der Waals surface area contributed by atoms with Crippen molar-refractivity contribution in [2.45, 2.75) is 20.8 Å². The van der Waals surface area contributed by atoms with E-state index in [0.29, 0.717) is 6.54 Å². The number of allylic oxidation sites excluding steroid dienone is 5. The van der Waals surface area contributed by atoms with Crippen molar-refractivity contribution in [3.8, 4) is 0 Å². The molecule has 0 fully saturated rings. The minimum absolute atomic E-state index is 0.609. The number of nitrogens with zero attached hydrogens (tertiary/aromatic N) is 4. The van der Waals surface area contributed by atoms with E-state index in [9.17, 15) is 0 Å². The van der Waals surface area contributed by atoms with Gasteiger partial charge in [0.05, 0.1) is 11.2 Å². The second kappa shape index (κ2) is 10.8. The van der Waals surface area contributed by atoms with Crippen LogP contribution in [0.15, 0.2) is 70.0 Å². The normalized spacial score (nSPS) is 14.1. The summed E-state index contributed by atoms with van der Waals surface area (Å²) in [5.74, 6) is 0. The van der Waals surface area contributed by atoms with Crippen molar-refractivity contribution >= 4 is 33.3 Å². The zero-order valence-electron chi connectivity index (χ0n) is 17.4. The summed E-state index contributed by atoms with van der Waals surface area (Å²) in [5, 5.41) is 5.60. The summed E-state index contributed by atoms with van der Waals surface area (Å²) in [6.07, 6.45) is 9.34. The number of aryl methyl sites for hydroxylation is 2. The first kappa shape index (κ1) is 22.6. The zero-order chi connectivity index (χ0) is 21.4. The SMILES string of the molecule is C=CC(=C[CH]=[W])CN=CC=C(C)N=CC(=C(C)N)c1ccc2c(c1)c(C)nn2C. The van der Waals surface area contributed by atoms with Crippen LogP contribution in [0, 0.1) is 6.92 Å². The topological polar surface area (TPSA) is 68.6 Å². The van der Waals surface area contributed by atoms with E-state index in [-0.39, 0.29) is 0 Å². The monoisotopic (exact) mass is 557 g/mol. The van der Waals surface area contributed by atoms with Gasteiger partial charge in [-0.3, -0.25) is 4.68 Å². The summed E-state index contributed by atoms with van der Waals surface area (Å²) in [6.45, 7) is 10.2. The van der Waals surface area contributed by atoms with Gasteiger partial charge in [-0.25, -0.2) is 0 Å². The van der Waals surface area contributed by atoms with Crippen molar-refractivity contribution < 1.29 is 19.4 Å². The number of rotatable bonds is 8. The van der Waals surface area contributed by atoms with Gasteiger partial charge >= 0.3 is 113 Å². The maximum atomic E-state index is 6.15. The minimum Gasteiger partial charge on any atom is -0.402 e. The minimum atomic E-state index is 0.609. The van der Waals surface area contributed by atoms with Gasteiger partial charge in [-0.15, -0.1) is 0 Å². The Kier molecular flexibility index (Phi) is 8.41. The third-order valence-electron chi connectivity index (χ3n) is 4.41. The van der Waals surface area contributed by atoms with Crippen LogP contribution in [0.1, 0.15) is 25.1 Å². The molecule has 0 bridgehead atoms. The maximum absolute atomic E-state index is 6.15. The molecule has 2 rings (SSSR count). The first-order chi connectivity index (χ1) is 13.9. The number of hydrogen-bond acceptors (Lipinski definition) is 4. The Balaban J connectivity index is 2.20. The summed E-state index contributed by atoms with van der Waals surface area (Å²) in [5.41, 5.74) is 12.8. The summed E-state index contributed by atoms with van der Waals surface area (Å²) in [4.78, 5) is 8.95. The molecule has 0 unspecified atom stereocenters. The molecule has 0 saturated carbocycles. The average molecular weight is 557 g/mol. The van der Waals surface area contributed by atoms with E-state index in [4.69, 9.17) is 5.73 Å². The van der Waals surface area contributed by atoms with Gasteiger partial charge in [0.25, 0.3) is 0 Å². The molecule has 0 amide bonds. The van der Waals surface area contributed by atoms with Crippen molar-refractivity contribution in [2.24, 2.45) is 22.8 Å². The molecule has 29 heavy (non-hydrogen) atoms. The van der Waals surface area contributed by atoms with Gasteiger partial charge in [0.1, 0.15) is 0 Å². The first-order valence-corrected chi connectivity index (χ1v) is 10.9. The molecular formula is C23H27N5W. The number of nitrogens with two attached hydrogens (primary N) is 1. The number of aliphatic imine (C=N–C) groups is 2. The summed E-state index contributed by atoms with van der Waals surface area (Å²) >= 11 is 1.41. The fourth-order valence-corrected chi connectivity index (χ4v) is 3.44. The van der Waals surface area contributed by atoms with Crippen molar-refractivity contribution in [2.75, 3.05) is 6.54 Å². The third-order valence-corrected chi connectivity index (χ3v) is 4.90. The number of aromatic nitrogens is 2. The summed E-state index contributed by atoms with van der Waals surface area (Å²) < 4.78 is 3.95. The van der Waals surface area contributed by atoms with Crippen LogP contribution in [0.4, 0.5) is 0 Å². The zero-order valence-corrected chi connectivity index (χ0v) is 20.3.